The summed E-state index contributed by atoms with van der Waals surface area (Å²) in [6.07, 6.45) is 5.61. The Kier molecular flexibility index (Phi) is 6.89. The summed E-state index contributed by atoms with van der Waals surface area (Å²) < 4.78 is 10.8. The molecule has 0 atom stereocenters. The first kappa shape index (κ1) is 15.4. The van der Waals surface area contributed by atoms with Gasteiger partial charge in [-0.3, -0.25) is 0 Å². The predicted molar refractivity (Wildman–Crippen MR) is 78.2 cm³/mol. The Morgan fingerprint density at radius 2 is 2.26 bits per heavy atom. The molecule has 0 aromatic heterocycles. The summed E-state index contributed by atoms with van der Waals surface area (Å²) in [4.78, 5) is 10.6. The molecular formula is C14H18O4S. The van der Waals surface area contributed by atoms with Crippen molar-refractivity contribution < 1.29 is 19.4 Å². The van der Waals surface area contributed by atoms with E-state index in [0.717, 1.165) is 23.8 Å². The van der Waals surface area contributed by atoms with Gasteiger partial charge in [0.15, 0.2) is 0 Å². The third-order valence-corrected chi connectivity index (χ3v) is 3.07. The average molecular weight is 282 g/mol. The molecule has 19 heavy (non-hydrogen) atoms. The molecule has 0 aliphatic rings. The van der Waals surface area contributed by atoms with Crippen molar-refractivity contribution in [2.24, 2.45) is 0 Å². The molecule has 1 aromatic rings. The van der Waals surface area contributed by atoms with Gasteiger partial charge in [0.1, 0.15) is 11.5 Å². The van der Waals surface area contributed by atoms with E-state index in [0.29, 0.717) is 18.1 Å². The molecule has 5 heteroatoms. The predicted octanol–water partition coefficient (Wildman–Crippen LogP) is 2.92. The number of aliphatic carboxylic acids is 1. The summed E-state index contributed by atoms with van der Waals surface area (Å²) in [7, 11) is 1.58. The molecule has 0 heterocycles. The van der Waals surface area contributed by atoms with Crippen molar-refractivity contribution in [3.05, 3.63) is 29.8 Å². The monoisotopic (exact) mass is 282 g/mol. The van der Waals surface area contributed by atoms with Gasteiger partial charge in [-0.1, -0.05) is 0 Å². The first-order chi connectivity index (χ1) is 9.17. The lowest BCUT2D eigenvalue weighted by Crippen LogP contribution is -2.00. The topological polar surface area (TPSA) is 55.8 Å². The number of hydrogen-bond donors (Lipinski definition) is 1. The van der Waals surface area contributed by atoms with E-state index in [-0.39, 0.29) is 0 Å². The zero-order valence-electron chi connectivity index (χ0n) is 11.1. The van der Waals surface area contributed by atoms with Crippen molar-refractivity contribution in [2.45, 2.75) is 6.42 Å². The van der Waals surface area contributed by atoms with Gasteiger partial charge in [0.25, 0.3) is 0 Å². The maximum absolute atomic E-state index is 10.6. The molecule has 0 aliphatic carbocycles. The van der Waals surface area contributed by atoms with E-state index in [9.17, 15) is 4.79 Å². The van der Waals surface area contributed by atoms with Crippen LogP contribution in [0.25, 0.3) is 6.08 Å². The highest BCUT2D eigenvalue weighted by Gasteiger charge is 2.04. The second-order valence-electron chi connectivity index (χ2n) is 3.77. The third kappa shape index (κ3) is 5.70. The molecule has 0 bridgehead atoms. The highest BCUT2D eigenvalue weighted by Crippen LogP contribution is 2.26. The summed E-state index contributed by atoms with van der Waals surface area (Å²) >= 11 is 1.77. The smallest absolute Gasteiger partial charge is 0.328 e. The van der Waals surface area contributed by atoms with Gasteiger partial charge in [-0.2, -0.15) is 11.8 Å². The molecule has 1 N–H and O–H groups in total. The Balaban J connectivity index is 2.80. The normalized spacial score (nSPS) is 10.6. The van der Waals surface area contributed by atoms with E-state index >= 15 is 0 Å². The minimum absolute atomic E-state index is 0.599. The van der Waals surface area contributed by atoms with Gasteiger partial charge in [-0.25, -0.2) is 4.79 Å². The molecule has 1 rings (SSSR count). The van der Waals surface area contributed by atoms with Gasteiger partial charge in [0.2, 0.25) is 0 Å². The number of rotatable bonds is 8. The van der Waals surface area contributed by atoms with Crippen LogP contribution < -0.4 is 9.47 Å². The Bertz CT molecular complexity index is 443. The van der Waals surface area contributed by atoms with Crippen LogP contribution >= 0.6 is 11.8 Å². The standard InChI is InChI=1S/C14H18O4S/c1-17-12-6-4-11(5-7-14(15)16)13(10-12)18-8-3-9-19-2/h4-7,10H,3,8-9H2,1-2H3,(H,15,16)/b7-5+. The molecule has 1 aromatic carbocycles. The fraction of sp³-hybridized carbons (Fsp3) is 0.357. The Morgan fingerprint density at radius 3 is 2.89 bits per heavy atom. The van der Waals surface area contributed by atoms with E-state index in [1.165, 1.54) is 6.08 Å². The number of ether oxygens (including phenoxy) is 2. The quantitative estimate of drug-likeness (QED) is 0.587. The summed E-state index contributed by atoms with van der Waals surface area (Å²) in [5.74, 6) is 1.37. The van der Waals surface area contributed by atoms with Crippen molar-refractivity contribution in [3.63, 3.8) is 0 Å². The van der Waals surface area contributed by atoms with Crippen LogP contribution in [0.4, 0.5) is 0 Å². The van der Waals surface area contributed by atoms with E-state index in [1.807, 2.05) is 6.26 Å². The third-order valence-electron chi connectivity index (χ3n) is 2.38. The molecule has 0 radical (unpaired) electrons. The summed E-state index contributed by atoms with van der Waals surface area (Å²) in [6, 6.07) is 5.32. The van der Waals surface area contributed by atoms with Crippen molar-refractivity contribution >= 4 is 23.8 Å². The fourth-order valence-corrected chi connectivity index (χ4v) is 1.86. The van der Waals surface area contributed by atoms with Crippen LogP contribution in [0, 0.1) is 0 Å². The molecule has 0 aliphatic heterocycles. The van der Waals surface area contributed by atoms with Crippen molar-refractivity contribution in [2.75, 3.05) is 25.7 Å². The second kappa shape index (κ2) is 8.48. The molecule has 104 valence electrons. The van der Waals surface area contributed by atoms with Gasteiger partial charge in [-0.05, 0) is 36.6 Å². The van der Waals surface area contributed by atoms with Crippen molar-refractivity contribution in [1.82, 2.24) is 0 Å². The van der Waals surface area contributed by atoms with Gasteiger partial charge in [0, 0.05) is 17.7 Å². The van der Waals surface area contributed by atoms with E-state index in [2.05, 4.69) is 0 Å². The maximum atomic E-state index is 10.6. The zero-order valence-corrected chi connectivity index (χ0v) is 11.9. The number of thioether (sulfide) groups is 1. The van der Waals surface area contributed by atoms with Gasteiger partial charge >= 0.3 is 5.97 Å². The number of hydrogen-bond acceptors (Lipinski definition) is 4. The molecule has 0 fully saturated rings. The molecule has 0 saturated carbocycles. The van der Waals surface area contributed by atoms with Crippen LogP contribution in [0.1, 0.15) is 12.0 Å². The fourth-order valence-electron chi connectivity index (χ4n) is 1.45. The second-order valence-corrected chi connectivity index (χ2v) is 4.76. The number of benzene rings is 1. The Labute approximate surface area is 117 Å². The van der Waals surface area contributed by atoms with E-state index in [1.54, 1.807) is 37.1 Å². The summed E-state index contributed by atoms with van der Waals surface area (Å²) in [5, 5.41) is 8.66. The maximum Gasteiger partial charge on any atom is 0.328 e. The highest BCUT2D eigenvalue weighted by atomic mass is 32.2. The first-order valence-corrected chi connectivity index (χ1v) is 7.27. The van der Waals surface area contributed by atoms with Crippen LogP contribution in [0.5, 0.6) is 11.5 Å². The van der Waals surface area contributed by atoms with Crippen LogP contribution in [-0.2, 0) is 4.79 Å². The lowest BCUT2D eigenvalue weighted by molar-refractivity contribution is -0.131. The molecule has 0 saturated heterocycles. The molecule has 4 nitrogen and oxygen atoms in total. The lowest BCUT2D eigenvalue weighted by Gasteiger charge is -2.10. The lowest BCUT2D eigenvalue weighted by atomic mass is 10.1. The zero-order chi connectivity index (χ0) is 14.1. The van der Waals surface area contributed by atoms with E-state index < -0.39 is 5.97 Å². The number of carboxylic acids is 1. The number of carbonyl (C=O) groups is 1. The highest BCUT2D eigenvalue weighted by molar-refractivity contribution is 7.98. The largest absolute Gasteiger partial charge is 0.497 e. The van der Waals surface area contributed by atoms with Gasteiger partial charge in [-0.15, -0.1) is 0 Å². The van der Waals surface area contributed by atoms with Crippen LogP contribution in [0.15, 0.2) is 24.3 Å². The Hall–Kier alpha value is -1.62. The molecular weight excluding hydrogens is 264 g/mol. The SMILES string of the molecule is COc1ccc(/C=C/C(=O)O)c(OCCCSC)c1. The average Bonchev–Trinajstić information content (AvgIpc) is 2.41. The minimum atomic E-state index is -0.982. The van der Waals surface area contributed by atoms with Gasteiger partial charge < -0.3 is 14.6 Å². The Morgan fingerprint density at radius 1 is 1.47 bits per heavy atom. The molecule has 0 spiro atoms. The van der Waals surface area contributed by atoms with Crippen LogP contribution in [0.3, 0.4) is 0 Å². The van der Waals surface area contributed by atoms with Crippen LogP contribution in [0.2, 0.25) is 0 Å². The first-order valence-electron chi connectivity index (χ1n) is 5.88. The van der Waals surface area contributed by atoms with E-state index in [4.69, 9.17) is 14.6 Å². The van der Waals surface area contributed by atoms with Gasteiger partial charge in [0.05, 0.1) is 13.7 Å². The molecule has 0 unspecified atom stereocenters. The van der Waals surface area contributed by atoms with Crippen molar-refractivity contribution in [1.29, 1.82) is 0 Å². The molecule has 0 amide bonds. The van der Waals surface area contributed by atoms with Crippen molar-refractivity contribution in [3.8, 4) is 11.5 Å². The summed E-state index contributed by atoms with van der Waals surface area (Å²) in [6.45, 7) is 0.599. The number of carboxylic acid groups (broad SMARTS) is 1. The van der Waals surface area contributed by atoms with Crippen LogP contribution in [-0.4, -0.2) is 36.8 Å². The number of methoxy groups -OCH3 is 1. The summed E-state index contributed by atoms with van der Waals surface area (Å²) in [5.41, 5.74) is 0.729. The minimum Gasteiger partial charge on any atom is -0.497 e.